The molecule has 1 heterocycles. The van der Waals surface area contributed by atoms with Crippen molar-refractivity contribution < 1.29 is 4.74 Å². The van der Waals surface area contributed by atoms with E-state index in [1.165, 1.54) is 35.5 Å². The number of benzene rings is 2. The summed E-state index contributed by atoms with van der Waals surface area (Å²) in [6.45, 7) is 5.37. The van der Waals surface area contributed by atoms with Crippen LogP contribution in [0, 0.1) is 13.8 Å². The normalized spacial score (nSPS) is 13.9. The molecule has 0 amide bonds. The molecule has 0 bridgehead atoms. The van der Waals surface area contributed by atoms with Gasteiger partial charge >= 0.3 is 0 Å². The first-order valence-corrected chi connectivity index (χ1v) is 10.2. The molecule has 2 aromatic carbocycles. The topological polar surface area (TPSA) is 38.3 Å². The lowest BCUT2D eigenvalue weighted by atomic mass is 10.0. The molecule has 1 aromatic heterocycles. The van der Waals surface area contributed by atoms with Crippen molar-refractivity contribution in [2.24, 2.45) is 0 Å². The van der Waals surface area contributed by atoms with Gasteiger partial charge < -0.3 is 9.64 Å². The van der Waals surface area contributed by atoms with Crippen LogP contribution in [0.5, 0.6) is 10.9 Å². The fourth-order valence-corrected chi connectivity index (χ4v) is 3.84. The Morgan fingerprint density at radius 3 is 2.63 bits per heavy atom. The van der Waals surface area contributed by atoms with E-state index >= 15 is 0 Å². The Balaban J connectivity index is 1.46. The van der Waals surface area contributed by atoms with Gasteiger partial charge in [0, 0.05) is 29.7 Å². The molecular weight excluding hydrogens is 354 g/mol. The second-order valence-corrected chi connectivity index (χ2v) is 8.07. The highest BCUT2D eigenvalue weighted by Crippen LogP contribution is 2.31. The van der Waals surface area contributed by atoms with E-state index in [9.17, 15) is 0 Å². The third kappa shape index (κ3) is 4.37. The maximum atomic E-state index is 6.06. The quantitative estimate of drug-likeness (QED) is 0.562. The molecule has 0 atom stereocenters. The first-order valence-electron chi connectivity index (χ1n) is 9.47. The Hall–Kier alpha value is -2.24. The van der Waals surface area contributed by atoms with E-state index in [0.717, 1.165) is 35.9 Å². The lowest BCUT2D eigenvalue weighted by molar-refractivity contribution is 0.328. The van der Waals surface area contributed by atoms with Gasteiger partial charge in [-0.3, -0.25) is 0 Å². The number of ether oxygens (including phenoxy) is 1. The number of rotatable bonds is 7. The molecule has 1 fully saturated rings. The van der Waals surface area contributed by atoms with Gasteiger partial charge in [-0.2, -0.15) is 9.36 Å². The van der Waals surface area contributed by atoms with Crippen molar-refractivity contribution in [2.75, 3.05) is 13.6 Å². The van der Waals surface area contributed by atoms with E-state index in [2.05, 4.69) is 47.3 Å². The molecule has 0 saturated heterocycles. The second-order valence-electron chi connectivity index (χ2n) is 7.36. The molecule has 27 heavy (non-hydrogen) atoms. The summed E-state index contributed by atoms with van der Waals surface area (Å²) in [5, 5.41) is 0.581. The predicted octanol–water partition coefficient (Wildman–Crippen LogP) is 5.25. The van der Waals surface area contributed by atoms with Gasteiger partial charge in [0.2, 0.25) is 0 Å². The maximum absolute atomic E-state index is 6.06. The average molecular weight is 380 g/mol. The van der Waals surface area contributed by atoms with Gasteiger partial charge in [0.25, 0.3) is 5.19 Å². The fraction of sp³-hybridized carbons (Fsp3) is 0.364. The third-order valence-corrected chi connectivity index (χ3v) is 5.77. The Labute approximate surface area is 165 Å². The molecule has 0 radical (unpaired) electrons. The molecule has 5 heteroatoms. The van der Waals surface area contributed by atoms with Crippen molar-refractivity contribution in [3.05, 3.63) is 59.2 Å². The Morgan fingerprint density at radius 2 is 1.89 bits per heavy atom. The summed E-state index contributed by atoms with van der Waals surface area (Å²) in [5.74, 6) is 1.58. The molecule has 3 aromatic rings. The number of hydrogen-bond acceptors (Lipinski definition) is 5. The van der Waals surface area contributed by atoms with Crippen LogP contribution >= 0.6 is 11.5 Å². The number of aryl methyl sites for hydroxylation is 2. The minimum atomic E-state index is 0.581. The predicted molar refractivity (Wildman–Crippen MR) is 111 cm³/mol. The molecule has 140 valence electrons. The molecular formula is C22H25N3OS. The van der Waals surface area contributed by atoms with E-state index in [1.807, 2.05) is 30.3 Å². The number of hydrogen-bond donors (Lipinski definition) is 0. The zero-order valence-corrected chi connectivity index (χ0v) is 16.9. The summed E-state index contributed by atoms with van der Waals surface area (Å²) in [5.41, 5.74) is 4.81. The Morgan fingerprint density at radius 1 is 1.11 bits per heavy atom. The van der Waals surface area contributed by atoms with Gasteiger partial charge in [-0.25, -0.2) is 0 Å². The van der Waals surface area contributed by atoms with Crippen molar-refractivity contribution in [3.8, 4) is 22.3 Å². The third-order valence-electron chi connectivity index (χ3n) is 5.17. The van der Waals surface area contributed by atoms with Crippen molar-refractivity contribution in [1.82, 2.24) is 14.3 Å². The van der Waals surface area contributed by atoms with Crippen LogP contribution in [0.3, 0.4) is 0 Å². The van der Waals surface area contributed by atoms with Crippen LogP contribution in [-0.4, -0.2) is 33.9 Å². The minimum absolute atomic E-state index is 0.581. The second kappa shape index (κ2) is 7.79. The van der Waals surface area contributed by atoms with Crippen LogP contribution in [0.1, 0.15) is 29.5 Å². The molecule has 1 aliphatic carbocycles. The monoisotopic (exact) mass is 379 g/mol. The molecule has 1 aliphatic rings. The standard InChI is InChI=1S/C22H25N3OS/c1-15-14-20(16(2)13-18(15)11-12-25(3)19-9-10-19)26-22-23-21(24-27-22)17-7-5-4-6-8-17/h4-8,13-14,19H,9-12H2,1-3H3. The number of likely N-dealkylation sites (N-methyl/N-ethyl adjacent to an activating group) is 1. The first kappa shape index (κ1) is 18.1. The highest BCUT2D eigenvalue weighted by molar-refractivity contribution is 7.07. The van der Waals surface area contributed by atoms with Gasteiger partial charge in [-0.15, -0.1) is 0 Å². The van der Waals surface area contributed by atoms with Crippen LogP contribution < -0.4 is 4.74 Å². The number of aromatic nitrogens is 2. The van der Waals surface area contributed by atoms with E-state index in [0.29, 0.717) is 11.0 Å². The van der Waals surface area contributed by atoms with Gasteiger partial charge in [0.1, 0.15) is 5.75 Å². The zero-order chi connectivity index (χ0) is 18.8. The van der Waals surface area contributed by atoms with Crippen LogP contribution in [0.25, 0.3) is 11.4 Å². The van der Waals surface area contributed by atoms with Crippen LogP contribution in [0.4, 0.5) is 0 Å². The van der Waals surface area contributed by atoms with Gasteiger partial charge in [-0.1, -0.05) is 36.4 Å². The van der Waals surface area contributed by atoms with E-state index < -0.39 is 0 Å². The van der Waals surface area contributed by atoms with Crippen molar-refractivity contribution in [3.63, 3.8) is 0 Å². The molecule has 1 saturated carbocycles. The largest absolute Gasteiger partial charge is 0.430 e. The molecule has 0 spiro atoms. The summed E-state index contributed by atoms with van der Waals surface area (Å²) in [4.78, 5) is 7.01. The van der Waals surface area contributed by atoms with Gasteiger partial charge in [0.15, 0.2) is 5.82 Å². The molecule has 0 N–H and O–H groups in total. The minimum Gasteiger partial charge on any atom is -0.430 e. The van der Waals surface area contributed by atoms with Crippen LogP contribution in [0.15, 0.2) is 42.5 Å². The molecule has 0 unspecified atom stereocenters. The maximum Gasteiger partial charge on any atom is 0.299 e. The smallest absolute Gasteiger partial charge is 0.299 e. The Kier molecular flexibility index (Phi) is 5.23. The van der Waals surface area contributed by atoms with Gasteiger partial charge in [-0.05, 0) is 62.9 Å². The van der Waals surface area contributed by atoms with Crippen molar-refractivity contribution in [2.45, 2.75) is 39.2 Å². The lowest BCUT2D eigenvalue weighted by Crippen LogP contribution is -2.23. The van der Waals surface area contributed by atoms with Crippen LogP contribution in [-0.2, 0) is 6.42 Å². The fourth-order valence-electron chi connectivity index (χ4n) is 3.27. The summed E-state index contributed by atoms with van der Waals surface area (Å²) in [6, 6.07) is 15.2. The van der Waals surface area contributed by atoms with Crippen molar-refractivity contribution >= 4 is 11.5 Å². The average Bonchev–Trinajstić information content (AvgIpc) is 3.43. The number of nitrogens with zero attached hydrogens (tertiary/aromatic N) is 3. The Bertz CT molecular complexity index is 919. The zero-order valence-electron chi connectivity index (χ0n) is 16.1. The van der Waals surface area contributed by atoms with Gasteiger partial charge in [0.05, 0.1) is 0 Å². The van der Waals surface area contributed by atoms with E-state index in [1.54, 1.807) is 0 Å². The van der Waals surface area contributed by atoms with Crippen LogP contribution in [0.2, 0.25) is 0 Å². The highest BCUT2D eigenvalue weighted by Gasteiger charge is 2.25. The summed E-state index contributed by atoms with van der Waals surface area (Å²) < 4.78 is 10.5. The highest BCUT2D eigenvalue weighted by atomic mass is 32.1. The molecule has 0 aliphatic heterocycles. The van der Waals surface area contributed by atoms with Crippen molar-refractivity contribution in [1.29, 1.82) is 0 Å². The lowest BCUT2D eigenvalue weighted by Gasteiger charge is -2.17. The first-order chi connectivity index (χ1) is 13.1. The van der Waals surface area contributed by atoms with E-state index in [-0.39, 0.29) is 0 Å². The summed E-state index contributed by atoms with van der Waals surface area (Å²) in [7, 11) is 2.23. The molecule has 4 nitrogen and oxygen atoms in total. The summed E-state index contributed by atoms with van der Waals surface area (Å²) in [6.07, 6.45) is 3.79. The SMILES string of the molecule is Cc1cc(Oc2nc(-c3ccccc3)ns2)c(C)cc1CCN(C)C1CC1. The van der Waals surface area contributed by atoms with E-state index in [4.69, 9.17) is 4.74 Å². The summed E-state index contributed by atoms with van der Waals surface area (Å²) >= 11 is 1.29. The molecule has 4 rings (SSSR count).